The van der Waals surface area contributed by atoms with E-state index < -0.39 is 0 Å². The van der Waals surface area contributed by atoms with Crippen LogP contribution >= 0.6 is 34.2 Å². The number of alkyl halides is 1. The van der Waals surface area contributed by atoms with Crippen molar-refractivity contribution in [2.75, 3.05) is 13.2 Å². The van der Waals surface area contributed by atoms with E-state index in [1.807, 2.05) is 6.92 Å². The van der Waals surface area contributed by atoms with Crippen molar-refractivity contribution in [1.82, 2.24) is 9.55 Å². The highest BCUT2D eigenvalue weighted by atomic mass is 127. The number of benzene rings is 1. The molecule has 0 saturated carbocycles. The summed E-state index contributed by atoms with van der Waals surface area (Å²) < 4.78 is 9.04. The molecule has 1 atom stereocenters. The van der Waals surface area contributed by atoms with Crippen molar-refractivity contribution in [3.63, 3.8) is 0 Å². The first-order valence-electron chi connectivity index (χ1n) is 6.86. The van der Waals surface area contributed by atoms with Crippen molar-refractivity contribution < 1.29 is 4.74 Å². The minimum Gasteiger partial charge on any atom is -0.379 e. The second kappa shape index (κ2) is 7.09. The van der Waals surface area contributed by atoms with Gasteiger partial charge in [-0.3, -0.25) is 0 Å². The number of nitrogens with zero attached hydrogens (tertiary/aromatic N) is 2. The number of ether oxygens (including phenoxy) is 1. The molecule has 1 aromatic carbocycles. The van der Waals surface area contributed by atoms with Crippen LogP contribution in [0.15, 0.2) is 18.2 Å². The van der Waals surface area contributed by atoms with Gasteiger partial charge in [0.2, 0.25) is 0 Å². The molecular weight excluding hydrogens is 387 g/mol. The summed E-state index contributed by atoms with van der Waals surface area (Å²) in [6, 6.07) is 6.29. The SMILES string of the molecule is CC(C)COCCn1c(C(C)Cl)nc2cc(I)ccc21. The lowest BCUT2D eigenvalue weighted by Gasteiger charge is -2.12. The molecule has 0 N–H and O–H groups in total. The highest BCUT2D eigenvalue weighted by molar-refractivity contribution is 14.1. The van der Waals surface area contributed by atoms with E-state index in [1.165, 1.54) is 3.57 Å². The molecule has 0 saturated heterocycles. The van der Waals surface area contributed by atoms with Crippen molar-refractivity contribution in [2.24, 2.45) is 5.92 Å². The lowest BCUT2D eigenvalue weighted by Crippen LogP contribution is -2.12. The van der Waals surface area contributed by atoms with Crippen LogP contribution < -0.4 is 0 Å². The summed E-state index contributed by atoms with van der Waals surface area (Å²) in [5.41, 5.74) is 2.13. The van der Waals surface area contributed by atoms with Crippen LogP contribution in [0, 0.1) is 9.49 Å². The van der Waals surface area contributed by atoms with Gasteiger partial charge in [-0.25, -0.2) is 4.98 Å². The van der Waals surface area contributed by atoms with Crippen molar-refractivity contribution in [1.29, 1.82) is 0 Å². The molecule has 1 heterocycles. The number of imidazole rings is 1. The summed E-state index contributed by atoms with van der Waals surface area (Å²) in [4.78, 5) is 4.66. The van der Waals surface area contributed by atoms with Crippen LogP contribution in [-0.2, 0) is 11.3 Å². The Morgan fingerprint density at radius 3 is 2.75 bits per heavy atom. The van der Waals surface area contributed by atoms with Gasteiger partial charge < -0.3 is 9.30 Å². The number of fused-ring (bicyclic) bond motifs is 1. The van der Waals surface area contributed by atoms with Crippen molar-refractivity contribution in [3.05, 3.63) is 27.6 Å². The van der Waals surface area contributed by atoms with Crippen molar-refractivity contribution in [2.45, 2.75) is 32.7 Å². The van der Waals surface area contributed by atoms with Crippen LogP contribution in [0.2, 0.25) is 0 Å². The fourth-order valence-corrected chi connectivity index (χ4v) is 2.78. The summed E-state index contributed by atoms with van der Waals surface area (Å²) >= 11 is 8.56. The molecule has 5 heteroatoms. The minimum absolute atomic E-state index is 0.106. The number of halogens is 2. The third-order valence-corrected chi connectivity index (χ3v) is 3.87. The lowest BCUT2D eigenvalue weighted by atomic mass is 10.2. The van der Waals surface area contributed by atoms with E-state index in [9.17, 15) is 0 Å². The van der Waals surface area contributed by atoms with Crippen molar-refractivity contribution in [3.8, 4) is 0 Å². The monoisotopic (exact) mass is 406 g/mol. The average molecular weight is 407 g/mol. The maximum absolute atomic E-state index is 6.26. The van der Waals surface area contributed by atoms with Gasteiger partial charge in [0.05, 0.1) is 23.0 Å². The summed E-state index contributed by atoms with van der Waals surface area (Å²) in [5.74, 6) is 1.47. The quantitative estimate of drug-likeness (QED) is 0.398. The molecule has 2 rings (SSSR count). The molecule has 1 unspecified atom stereocenters. The third kappa shape index (κ3) is 3.86. The van der Waals surface area contributed by atoms with Crippen LogP contribution in [0.3, 0.4) is 0 Å². The number of hydrogen-bond donors (Lipinski definition) is 0. The molecule has 2 aromatic rings. The van der Waals surface area contributed by atoms with Crippen LogP contribution in [0.4, 0.5) is 0 Å². The molecule has 0 spiro atoms. The molecule has 110 valence electrons. The van der Waals surface area contributed by atoms with Crippen LogP contribution in [0.1, 0.15) is 32.0 Å². The van der Waals surface area contributed by atoms with Gasteiger partial charge in [0, 0.05) is 16.7 Å². The Morgan fingerprint density at radius 1 is 1.35 bits per heavy atom. The normalized spacial score (nSPS) is 13.3. The predicted molar refractivity (Wildman–Crippen MR) is 92.4 cm³/mol. The van der Waals surface area contributed by atoms with Crippen molar-refractivity contribution >= 4 is 45.2 Å². The zero-order valence-electron chi connectivity index (χ0n) is 12.1. The van der Waals surface area contributed by atoms with E-state index in [0.717, 1.165) is 30.0 Å². The Hall–Kier alpha value is -0.330. The second-order valence-corrected chi connectivity index (χ2v) is 7.24. The molecule has 0 radical (unpaired) electrons. The molecule has 0 bridgehead atoms. The number of aromatic nitrogens is 2. The van der Waals surface area contributed by atoms with Crippen LogP contribution in [0.25, 0.3) is 11.0 Å². The number of rotatable bonds is 6. The maximum Gasteiger partial charge on any atom is 0.127 e. The van der Waals surface area contributed by atoms with Gasteiger partial charge in [0.25, 0.3) is 0 Å². The van der Waals surface area contributed by atoms with Gasteiger partial charge in [-0.2, -0.15) is 0 Å². The molecule has 0 amide bonds. The zero-order chi connectivity index (χ0) is 14.7. The fraction of sp³-hybridized carbons (Fsp3) is 0.533. The summed E-state index contributed by atoms with van der Waals surface area (Å²) in [5, 5.41) is -0.106. The van der Waals surface area contributed by atoms with E-state index in [4.69, 9.17) is 16.3 Å². The van der Waals surface area contributed by atoms with E-state index in [-0.39, 0.29) is 5.38 Å². The molecule has 1 aromatic heterocycles. The minimum atomic E-state index is -0.106. The Kier molecular flexibility index (Phi) is 5.69. The number of hydrogen-bond acceptors (Lipinski definition) is 2. The first-order chi connectivity index (χ1) is 9.49. The van der Waals surface area contributed by atoms with E-state index in [2.05, 4.69) is 64.2 Å². The van der Waals surface area contributed by atoms with Gasteiger partial charge in [0.15, 0.2) is 0 Å². The smallest absolute Gasteiger partial charge is 0.127 e. The van der Waals surface area contributed by atoms with Gasteiger partial charge >= 0.3 is 0 Å². The molecule has 0 aliphatic heterocycles. The Labute approximate surface area is 138 Å². The predicted octanol–water partition coefficient (Wildman–Crippen LogP) is 4.61. The summed E-state index contributed by atoms with van der Waals surface area (Å²) in [6.07, 6.45) is 0. The zero-order valence-corrected chi connectivity index (χ0v) is 15.0. The third-order valence-electron chi connectivity index (χ3n) is 3.01. The first kappa shape index (κ1) is 16.0. The molecule has 3 nitrogen and oxygen atoms in total. The van der Waals surface area contributed by atoms with Gasteiger partial charge in [-0.15, -0.1) is 11.6 Å². The molecule has 0 aliphatic rings. The van der Waals surface area contributed by atoms with Gasteiger partial charge in [-0.1, -0.05) is 13.8 Å². The van der Waals surface area contributed by atoms with Gasteiger partial charge in [0.1, 0.15) is 5.82 Å². The topological polar surface area (TPSA) is 27.1 Å². The highest BCUT2D eigenvalue weighted by Gasteiger charge is 2.14. The van der Waals surface area contributed by atoms with Crippen LogP contribution in [-0.4, -0.2) is 22.8 Å². The second-order valence-electron chi connectivity index (χ2n) is 5.34. The molecular formula is C15H20ClIN2O. The molecule has 0 fully saturated rings. The molecule has 20 heavy (non-hydrogen) atoms. The summed E-state index contributed by atoms with van der Waals surface area (Å²) in [7, 11) is 0. The van der Waals surface area contributed by atoms with E-state index in [1.54, 1.807) is 0 Å². The highest BCUT2D eigenvalue weighted by Crippen LogP contribution is 2.25. The van der Waals surface area contributed by atoms with Gasteiger partial charge in [-0.05, 0) is 53.6 Å². The largest absolute Gasteiger partial charge is 0.379 e. The van der Waals surface area contributed by atoms with E-state index >= 15 is 0 Å². The Morgan fingerprint density at radius 2 is 2.10 bits per heavy atom. The van der Waals surface area contributed by atoms with E-state index in [0.29, 0.717) is 12.5 Å². The standard InChI is InChI=1S/C15H20ClIN2O/c1-10(2)9-20-7-6-19-14-5-4-12(17)8-13(14)18-15(19)11(3)16/h4-5,8,10-11H,6-7,9H2,1-3H3. The van der Waals surface area contributed by atoms with Crippen LogP contribution in [0.5, 0.6) is 0 Å². The Balaban J connectivity index is 2.22. The average Bonchev–Trinajstić information content (AvgIpc) is 2.72. The molecule has 0 aliphatic carbocycles. The first-order valence-corrected chi connectivity index (χ1v) is 8.38. The summed E-state index contributed by atoms with van der Waals surface area (Å²) in [6.45, 7) is 8.53. The Bertz CT molecular complexity index is 581. The maximum atomic E-state index is 6.26. The lowest BCUT2D eigenvalue weighted by molar-refractivity contribution is 0.103. The fourth-order valence-electron chi connectivity index (χ4n) is 2.14.